The summed E-state index contributed by atoms with van der Waals surface area (Å²) in [6, 6.07) is 9.15. The Balaban J connectivity index is 1.45. The lowest BCUT2D eigenvalue weighted by Crippen LogP contribution is -2.53. The molecule has 35 heavy (non-hydrogen) atoms. The van der Waals surface area contributed by atoms with E-state index in [0.717, 1.165) is 0 Å². The van der Waals surface area contributed by atoms with E-state index in [4.69, 9.17) is 14.2 Å². The number of pyridine rings is 1. The second-order valence-electron chi connectivity index (χ2n) is 8.93. The molecule has 0 saturated carbocycles. The van der Waals surface area contributed by atoms with Crippen molar-refractivity contribution in [3.05, 3.63) is 59.2 Å². The smallest absolute Gasteiger partial charge is 0.489 e. The Morgan fingerprint density at radius 2 is 2.03 bits per heavy atom. The van der Waals surface area contributed by atoms with E-state index in [2.05, 4.69) is 9.72 Å². The van der Waals surface area contributed by atoms with Crippen LogP contribution in [0.2, 0.25) is 0 Å². The van der Waals surface area contributed by atoms with Gasteiger partial charge in [-0.25, -0.2) is 9.37 Å². The van der Waals surface area contributed by atoms with Crippen LogP contribution < -0.4 is 4.74 Å². The number of fused-ring (bicyclic) bond motifs is 1. The number of piperidine rings is 1. The molecule has 4 rings (SSSR count). The summed E-state index contributed by atoms with van der Waals surface area (Å²) in [7, 11) is 3.56. The van der Waals surface area contributed by atoms with E-state index in [9.17, 15) is 22.4 Å². The third kappa shape index (κ3) is 5.62. The van der Waals surface area contributed by atoms with Crippen molar-refractivity contribution < 1.29 is 41.3 Å². The molecule has 13 heteroatoms. The number of aryl methyl sites for hydroxylation is 1. The van der Waals surface area contributed by atoms with Crippen molar-refractivity contribution in [2.75, 3.05) is 26.3 Å². The summed E-state index contributed by atoms with van der Waals surface area (Å²) in [6.07, 6.45) is -4.85. The van der Waals surface area contributed by atoms with Crippen LogP contribution in [-0.4, -0.2) is 75.8 Å². The highest BCUT2D eigenvalue weighted by Gasteiger charge is 2.56. The summed E-state index contributed by atoms with van der Waals surface area (Å²) in [4.78, 5) is 19.1. The molecule has 2 atom stereocenters. The molecule has 0 N–H and O–H groups in total. The van der Waals surface area contributed by atoms with Crippen LogP contribution in [0.25, 0.3) is 0 Å². The number of aromatic nitrogens is 1. The molecule has 2 saturated heterocycles. The number of alkyl halides is 3. The number of halogens is 4. The minimum absolute atomic E-state index is 0.165. The maximum atomic E-state index is 14.0. The van der Waals surface area contributed by atoms with Gasteiger partial charge < -0.3 is 19.1 Å². The Labute approximate surface area is 201 Å². The number of carbonyl (C=O) groups is 1. The first-order valence-corrected chi connectivity index (χ1v) is 11.1. The highest BCUT2D eigenvalue weighted by atomic mass is 19.4. The fourth-order valence-corrected chi connectivity index (χ4v) is 4.57. The highest BCUT2D eigenvalue weighted by molar-refractivity contribution is 6.38. The van der Waals surface area contributed by atoms with Gasteiger partial charge in [-0.3, -0.25) is 9.53 Å². The Morgan fingerprint density at radius 3 is 2.71 bits per heavy atom. The number of rotatable bonds is 6. The largest absolute Gasteiger partial charge is 0.522 e. The Bertz CT molecular complexity index is 1100. The van der Waals surface area contributed by atoms with Crippen molar-refractivity contribution in [1.82, 2.24) is 9.88 Å². The van der Waals surface area contributed by atoms with Crippen molar-refractivity contribution in [3.63, 3.8) is 0 Å². The average Bonchev–Trinajstić information content (AvgIpc) is 3.06. The molecular formula is C22H24B2F4N2O5. The number of ether oxygens (including phenoxy) is 4. The zero-order chi connectivity index (χ0) is 25.4. The van der Waals surface area contributed by atoms with Crippen LogP contribution in [0, 0.1) is 12.7 Å². The molecule has 0 aliphatic carbocycles. The van der Waals surface area contributed by atoms with Crippen LogP contribution in [-0.2, 0) is 19.8 Å². The molecule has 2 aliphatic rings. The second kappa shape index (κ2) is 9.44. The Morgan fingerprint density at radius 1 is 1.26 bits per heavy atom. The van der Waals surface area contributed by atoms with Gasteiger partial charge in [-0.15, -0.1) is 13.2 Å². The summed E-state index contributed by atoms with van der Waals surface area (Å²) < 4.78 is 71.6. The summed E-state index contributed by atoms with van der Waals surface area (Å²) in [5, 5.41) is 0. The number of hydrogen-bond donors (Lipinski definition) is 0. The molecule has 0 bridgehead atoms. The molecule has 0 radical (unpaired) electrons. The van der Waals surface area contributed by atoms with Crippen LogP contribution in [0.1, 0.15) is 28.2 Å². The van der Waals surface area contributed by atoms with E-state index < -0.39 is 30.3 Å². The van der Waals surface area contributed by atoms with Gasteiger partial charge in [0.25, 0.3) is 5.91 Å². The van der Waals surface area contributed by atoms with Gasteiger partial charge in [0.15, 0.2) is 15.7 Å². The zero-order valence-corrected chi connectivity index (χ0v) is 19.5. The quantitative estimate of drug-likeness (QED) is 0.345. The first-order valence-electron chi connectivity index (χ1n) is 11.1. The molecule has 1 aromatic heterocycles. The van der Waals surface area contributed by atoms with E-state index in [1.165, 1.54) is 24.3 Å². The maximum absolute atomic E-state index is 14.0. The first kappa shape index (κ1) is 25.5. The lowest BCUT2D eigenvalue weighted by atomic mass is 9.76. The number of amides is 1. The van der Waals surface area contributed by atoms with Crippen LogP contribution in [0.15, 0.2) is 36.4 Å². The molecular weight excluding hydrogens is 470 g/mol. The summed E-state index contributed by atoms with van der Waals surface area (Å²) in [5.74, 6) is -0.457. The first-order chi connectivity index (χ1) is 16.4. The van der Waals surface area contributed by atoms with Crippen molar-refractivity contribution in [2.45, 2.75) is 37.0 Å². The monoisotopic (exact) mass is 494 g/mol. The van der Waals surface area contributed by atoms with Crippen LogP contribution >= 0.6 is 0 Å². The SMILES string of the molecule is BC1(B)OC2CN(C(=O)c3ccc(OCCOC(F)(F)F)c(C)n3)CC[C@]2(c2cccc(F)c2)O1. The van der Waals surface area contributed by atoms with Gasteiger partial charge in [0.05, 0.1) is 24.4 Å². The molecule has 1 amide bonds. The number of likely N-dealkylation sites (tertiary alicyclic amines) is 1. The van der Waals surface area contributed by atoms with Crippen LogP contribution in [0.4, 0.5) is 17.6 Å². The molecule has 3 heterocycles. The average molecular weight is 494 g/mol. The molecule has 186 valence electrons. The lowest BCUT2D eigenvalue weighted by molar-refractivity contribution is -0.325. The maximum Gasteiger partial charge on any atom is 0.522 e. The van der Waals surface area contributed by atoms with E-state index in [1.54, 1.807) is 39.6 Å². The molecule has 1 unspecified atom stereocenters. The number of carbonyl (C=O) groups excluding carboxylic acids is 1. The van der Waals surface area contributed by atoms with Gasteiger partial charge in [0, 0.05) is 13.0 Å². The van der Waals surface area contributed by atoms with Crippen molar-refractivity contribution in [2.24, 2.45) is 0 Å². The van der Waals surface area contributed by atoms with E-state index in [1.807, 2.05) is 0 Å². The molecule has 1 aromatic carbocycles. The minimum Gasteiger partial charge on any atom is -0.489 e. The molecule has 0 spiro atoms. The summed E-state index contributed by atoms with van der Waals surface area (Å²) >= 11 is 0. The normalized spacial score (nSPS) is 23.7. The van der Waals surface area contributed by atoms with Crippen LogP contribution in [0.3, 0.4) is 0 Å². The molecule has 7 nitrogen and oxygen atoms in total. The van der Waals surface area contributed by atoms with Gasteiger partial charge in [0.1, 0.15) is 35.6 Å². The van der Waals surface area contributed by atoms with E-state index >= 15 is 0 Å². The van der Waals surface area contributed by atoms with Gasteiger partial charge >= 0.3 is 6.36 Å². The standard InChI is InChI=1S/C22H24B2F4N2O5/c1-13-17(32-9-10-33-22(26,27)28)6-5-16(29-13)19(31)30-8-7-20(14-3-2-4-15(25)11-14)18(12-30)34-21(23,24)35-20/h2-6,11,18H,7-10,12,23-24H2,1H3/t18?,20-/m1/s1. The Hall–Kier alpha value is -2.63. The fraction of sp³-hybridized carbons (Fsp3) is 0.455. The van der Waals surface area contributed by atoms with Gasteiger partial charge in [-0.2, -0.15) is 0 Å². The summed E-state index contributed by atoms with van der Waals surface area (Å²) in [5.41, 5.74) is -0.625. The number of benzene rings is 1. The van der Waals surface area contributed by atoms with Crippen molar-refractivity contribution in [1.29, 1.82) is 0 Å². The molecule has 2 fully saturated rings. The zero-order valence-electron chi connectivity index (χ0n) is 19.5. The lowest BCUT2D eigenvalue weighted by Gasteiger charge is -2.42. The summed E-state index contributed by atoms with van der Waals surface area (Å²) in [6.45, 7) is 1.16. The van der Waals surface area contributed by atoms with E-state index in [0.29, 0.717) is 24.2 Å². The molecule has 2 aliphatic heterocycles. The van der Waals surface area contributed by atoms with Gasteiger partial charge in [-0.1, -0.05) is 12.1 Å². The number of nitrogens with zero attached hydrogens (tertiary/aromatic N) is 2. The Kier molecular flexibility index (Phi) is 6.87. The minimum atomic E-state index is -4.73. The predicted octanol–water partition coefficient (Wildman–Crippen LogP) is 1.48. The van der Waals surface area contributed by atoms with Crippen LogP contribution in [0.5, 0.6) is 5.75 Å². The second-order valence-corrected chi connectivity index (χ2v) is 8.93. The van der Waals surface area contributed by atoms with E-state index in [-0.39, 0.29) is 36.3 Å². The number of hydrogen-bond acceptors (Lipinski definition) is 6. The molecule has 2 aromatic rings. The fourth-order valence-electron chi connectivity index (χ4n) is 4.57. The van der Waals surface area contributed by atoms with Gasteiger partial charge in [0.2, 0.25) is 0 Å². The predicted molar refractivity (Wildman–Crippen MR) is 121 cm³/mol. The van der Waals surface area contributed by atoms with Gasteiger partial charge in [-0.05, 0) is 36.8 Å². The third-order valence-electron chi connectivity index (χ3n) is 5.98. The topological polar surface area (TPSA) is 70.1 Å². The van der Waals surface area contributed by atoms with Crippen molar-refractivity contribution >= 4 is 21.6 Å². The van der Waals surface area contributed by atoms with Crippen molar-refractivity contribution in [3.8, 4) is 5.75 Å². The highest BCUT2D eigenvalue weighted by Crippen LogP contribution is 2.47. The third-order valence-corrected chi connectivity index (χ3v) is 5.98.